The van der Waals surface area contributed by atoms with Gasteiger partial charge in [0.25, 0.3) is 0 Å². The van der Waals surface area contributed by atoms with Crippen molar-refractivity contribution in [3.05, 3.63) is 59.0 Å². The van der Waals surface area contributed by atoms with Gasteiger partial charge >= 0.3 is 0 Å². The van der Waals surface area contributed by atoms with Gasteiger partial charge in [-0.3, -0.25) is 4.79 Å². The summed E-state index contributed by atoms with van der Waals surface area (Å²) in [7, 11) is 0. The summed E-state index contributed by atoms with van der Waals surface area (Å²) in [6.07, 6.45) is 7.12. The molecular weight excluding hydrogens is 279 g/mol. The van der Waals surface area contributed by atoms with Crippen molar-refractivity contribution in [2.24, 2.45) is 0 Å². The number of carbonyl (C=O) groups is 1. The summed E-state index contributed by atoms with van der Waals surface area (Å²) in [4.78, 5) is 10.7. The van der Waals surface area contributed by atoms with E-state index in [0.717, 1.165) is 29.4 Å². The van der Waals surface area contributed by atoms with E-state index in [1.165, 1.54) is 6.07 Å². The smallest absolute Gasteiger partial charge is 0.165 e. The topological polar surface area (TPSA) is 26.3 Å². The summed E-state index contributed by atoms with van der Waals surface area (Å²) in [6.45, 7) is 8.14. The van der Waals surface area contributed by atoms with E-state index in [1.54, 1.807) is 19.1 Å². The fraction of sp³-hybridized carbons (Fsp3) is 0.316. The van der Waals surface area contributed by atoms with Gasteiger partial charge in [0.05, 0.1) is 6.61 Å². The molecule has 118 valence electrons. The Balaban J connectivity index is 3.18. The van der Waals surface area contributed by atoms with E-state index in [4.69, 9.17) is 4.74 Å². The van der Waals surface area contributed by atoms with Crippen LogP contribution in [0.4, 0.5) is 4.39 Å². The second-order valence-corrected chi connectivity index (χ2v) is 5.37. The molecular formula is C19H23FO2. The van der Waals surface area contributed by atoms with Crippen LogP contribution in [-0.2, 0) is 4.79 Å². The number of ether oxygens (including phenoxy) is 1. The molecule has 0 bridgehead atoms. The van der Waals surface area contributed by atoms with E-state index < -0.39 is 0 Å². The molecule has 0 unspecified atom stereocenters. The molecule has 0 aliphatic heterocycles. The Kier molecular flexibility index (Phi) is 7.30. The molecule has 1 aromatic carbocycles. The van der Waals surface area contributed by atoms with Gasteiger partial charge in [0.2, 0.25) is 0 Å². The van der Waals surface area contributed by atoms with Crippen molar-refractivity contribution in [3.8, 4) is 5.75 Å². The van der Waals surface area contributed by atoms with Gasteiger partial charge in [-0.1, -0.05) is 36.8 Å². The van der Waals surface area contributed by atoms with Crippen LogP contribution in [0.2, 0.25) is 0 Å². The Bertz CT molecular complexity index is 606. The van der Waals surface area contributed by atoms with Crippen molar-refractivity contribution in [1.29, 1.82) is 0 Å². The van der Waals surface area contributed by atoms with Crippen LogP contribution >= 0.6 is 0 Å². The minimum atomic E-state index is -0.380. The molecule has 0 atom stereocenters. The minimum absolute atomic E-state index is 0.266. The van der Waals surface area contributed by atoms with Crippen LogP contribution in [0.15, 0.2) is 47.6 Å². The number of benzene rings is 1. The second kappa shape index (κ2) is 8.98. The van der Waals surface area contributed by atoms with Crippen molar-refractivity contribution in [1.82, 2.24) is 0 Å². The molecule has 0 radical (unpaired) electrons. The molecule has 2 nitrogen and oxygen atoms in total. The second-order valence-electron chi connectivity index (χ2n) is 5.37. The molecule has 0 spiro atoms. The zero-order valence-corrected chi connectivity index (χ0v) is 13.7. The number of aldehydes is 1. The molecule has 0 heterocycles. The fourth-order valence-electron chi connectivity index (χ4n) is 1.81. The first-order valence-corrected chi connectivity index (χ1v) is 7.39. The molecule has 3 heteroatoms. The van der Waals surface area contributed by atoms with Gasteiger partial charge in [-0.15, -0.1) is 0 Å². The average Bonchev–Trinajstić information content (AvgIpc) is 2.49. The summed E-state index contributed by atoms with van der Waals surface area (Å²) < 4.78 is 19.4. The molecule has 22 heavy (non-hydrogen) atoms. The maximum absolute atomic E-state index is 14.1. The van der Waals surface area contributed by atoms with E-state index in [0.29, 0.717) is 12.2 Å². The number of carbonyl (C=O) groups excluding carboxylic acids is 1. The van der Waals surface area contributed by atoms with Gasteiger partial charge in [-0.2, -0.15) is 0 Å². The number of halogens is 1. The Hall–Kier alpha value is -2.16. The lowest BCUT2D eigenvalue weighted by atomic mass is 10.0. The highest BCUT2D eigenvalue weighted by atomic mass is 19.1. The number of rotatable bonds is 7. The summed E-state index contributed by atoms with van der Waals surface area (Å²) in [5.41, 5.74) is 3.30. The average molecular weight is 302 g/mol. The Morgan fingerprint density at radius 3 is 2.50 bits per heavy atom. The molecule has 0 fully saturated rings. The van der Waals surface area contributed by atoms with E-state index >= 15 is 0 Å². The number of allylic oxidation sites excluding steroid dienone is 6. The third kappa shape index (κ3) is 5.68. The van der Waals surface area contributed by atoms with Gasteiger partial charge in [0.1, 0.15) is 6.29 Å². The monoisotopic (exact) mass is 302 g/mol. The van der Waals surface area contributed by atoms with E-state index in [9.17, 15) is 9.18 Å². The standard InChI is InChI=1S/C19H23FO2/c1-5-10-22-19-9-8-17(12-18(19)20)16(11-14(2)3)7-6-15(4)13-21/h6-9,11-13H,5,10H2,1-4H3/b15-6+,16-7+. The predicted octanol–water partition coefficient (Wildman–Crippen LogP) is 5.11. The van der Waals surface area contributed by atoms with E-state index in [-0.39, 0.29) is 11.6 Å². The lowest BCUT2D eigenvalue weighted by molar-refractivity contribution is -0.104. The lowest BCUT2D eigenvalue weighted by Gasteiger charge is -2.09. The number of hydrogen-bond donors (Lipinski definition) is 0. The van der Waals surface area contributed by atoms with Crippen LogP contribution < -0.4 is 4.74 Å². The highest BCUT2D eigenvalue weighted by molar-refractivity contribution is 5.79. The largest absolute Gasteiger partial charge is 0.491 e. The van der Waals surface area contributed by atoms with Gasteiger partial charge in [-0.05, 0) is 56.0 Å². The first kappa shape index (κ1) is 17.9. The summed E-state index contributed by atoms with van der Waals surface area (Å²) in [6, 6.07) is 4.92. The molecule has 0 saturated carbocycles. The molecule has 1 aromatic rings. The van der Waals surface area contributed by atoms with Crippen molar-refractivity contribution in [2.75, 3.05) is 6.61 Å². The van der Waals surface area contributed by atoms with Gasteiger partial charge < -0.3 is 4.74 Å². The summed E-state index contributed by atoms with van der Waals surface area (Å²) in [5.74, 6) is -0.114. The highest BCUT2D eigenvalue weighted by Gasteiger charge is 2.06. The molecule has 0 saturated heterocycles. The zero-order valence-electron chi connectivity index (χ0n) is 13.7. The predicted molar refractivity (Wildman–Crippen MR) is 89.4 cm³/mol. The first-order chi connectivity index (χ1) is 10.5. The molecule has 0 amide bonds. The molecule has 0 aliphatic carbocycles. The third-order valence-corrected chi connectivity index (χ3v) is 2.88. The van der Waals surface area contributed by atoms with Crippen LogP contribution in [-0.4, -0.2) is 12.9 Å². The van der Waals surface area contributed by atoms with Crippen molar-refractivity contribution in [3.63, 3.8) is 0 Å². The van der Waals surface area contributed by atoms with E-state index in [2.05, 4.69) is 0 Å². The Labute approximate surface area is 132 Å². The van der Waals surface area contributed by atoms with Crippen molar-refractivity contribution >= 4 is 11.9 Å². The van der Waals surface area contributed by atoms with Crippen LogP contribution in [0.3, 0.4) is 0 Å². The molecule has 0 aromatic heterocycles. The normalized spacial score (nSPS) is 12.0. The Morgan fingerprint density at radius 1 is 1.23 bits per heavy atom. The Morgan fingerprint density at radius 2 is 1.95 bits per heavy atom. The summed E-state index contributed by atoms with van der Waals surface area (Å²) in [5, 5.41) is 0. The minimum Gasteiger partial charge on any atom is -0.491 e. The third-order valence-electron chi connectivity index (χ3n) is 2.88. The van der Waals surface area contributed by atoms with Crippen LogP contribution in [0, 0.1) is 5.82 Å². The van der Waals surface area contributed by atoms with Gasteiger partial charge in [-0.25, -0.2) is 4.39 Å². The molecule has 1 rings (SSSR count). The fourth-order valence-corrected chi connectivity index (χ4v) is 1.81. The highest BCUT2D eigenvalue weighted by Crippen LogP contribution is 2.25. The van der Waals surface area contributed by atoms with Crippen LogP contribution in [0.5, 0.6) is 5.75 Å². The quantitative estimate of drug-likeness (QED) is 0.397. The zero-order chi connectivity index (χ0) is 16.5. The molecule has 0 aliphatic rings. The number of hydrogen-bond acceptors (Lipinski definition) is 2. The van der Waals surface area contributed by atoms with Crippen LogP contribution in [0.25, 0.3) is 5.57 Å². The van der Waals surface area contributed by atoms with Crippen molar-refractivity contribution < 1.29 is 13.9 Å². The van der Waals surface area contributed by atoms with E-state index in [1.807, 2.05) is 39.0 Å². The maximum Gasteiger partial charge on any atom is 0.165 e. The maximum atomic E-state index is 14.1. The SMILES string of the molecule is CCCOc1ccc(/C(C=C(C)C)=C/C=C(\C)C=O)cc1F. The van der Waals surface area contributed by atoms with Gasteiger partial charge in [0, 0.05) is 0 Å². The molecule has 0 N–H and O–H groups in total. The van der Waals surface area contributed by atoms with Crippen molar-refractivity contribution in [2.45, 2.75) is 34.1 Å². The van der Waals surface area contributed by atoms with Crippen LogP contribution in [0.1, 0.15) is 39.7 Å². The lowest BCUT2D eigenvalue weighted by Crippen LogP contribution is -1.98. The first-order valence-electron chi connectivity index (χ1n) is 7.39. The van der Waals surface area contributed by atoms with Gasteiger partial charge in [0.15, 0.2) is 11.6 Å². The summed E-state index contributed by atoms with van der Waals surface area (Å²) >= 11 is 0.